The van der Waals surface area contributed by atoms with Crippen molar-refractivity contribution in [2.75, 3.05) is 18.5 Å². The molecular formula is C24H27NO. The number of anilines is 1. The molecule has 3 aromatic rings. The minimum Gasteiger partial charge on any atom is -0.494 e. The van der Waals surface area contributed by atoms with Crippen molar-refractivity contribution in [3.63, 3.8) is 0 Å². The first-order valence-corrected chi connectivity index (χ1v) is 9.36. The molecule has 2 nitrogen and oxygen atoms in total. The molecule has 26 heavy (non-hydrogen) atoms. The highest BCUT2D eigenvalue weighted by atomic mass is 16.5. The lowest BCUT2D eigenvalue weighted by atomic mass is 10.1. The molecule has 0 unspecified atom stereocenters. The molecule has 0 saturated heterocycles. The summed E-state index contributed by atoms with van der Waals surface area (Å²) in [5, 5.41) is 3.48. The predicted octanol–water partition coefficient (Wildman–Crippen LogP) is 5.66. The van der Waals surface area contributed by atoms with Gasteiger partial charge in [-0.3, -0.25) is 0 Å². The first kappa shape index (κ1) is 18.1. The van der Waals surface area contributed by atoms with Gasteiger partial charge in [0.1, 0.15) is 5.75 Å². The van der Waals surface area contributed by atoms with E-state index in [1.54, 1.807) is 0 Å². The molecule has 0 radical (unpaired) electrons. The summed E-state index contributed by atoms with van der Waals surface area (Å²) in [5.41, 5.74) is 5.26. The van der Waals surface area contributed by atoms with Crippen molar-refractivity contribution < 1.29 is 4.74 Å². The highest BCUT2D eigenvalue weighted by Gasteiger charge is 1.99. The van der Waals surface area contributed by atoms with Crippen LogP contribution in [0.3, 0.4) is 0 Å². The van der Waals surface area contributed by atoms with Gasteiger partial charge in [-0.25, -0.2) is 0 Å². The Hall–Kier alpha value is -2.74. The zero-order chi connectivity index (χ0) is 18.0. The van der Waals surface area contributed by atoms with Crippen LogP contribution in [0.25, 0.3) is 0 Å². The lowest BCUT2D eigenvalue weighted by Crippen LogP contribution is -2.06. The standard InChI is InChI=1S/C24H27NO/c1-20-8-5-6-12-22(20)17-18-25-23-13-15-24(16-14-23)26-19-7-11-21-9-3-2-4-10-21/h2-6,8-10,12-16,25H,7,11,17-19H2,1H3. The van der Waals surface area contributed by atoms with E-state index in [0.717, 1.165) is 43.9 Å². The molecule has 0 aromatic heterocycles. The maximum Gasteiger partial charge on any atom is 0.119 e. The van der Waals surface area contributed by atoms with Gasteiger partial charge in [0.25, 0.3) is 0 Å². The molecular weight excluding hydrogens is 318 g/mol. The first-order chi connectivity index (χ1) is 12.8. The average Bonchev–Trinajstić information content (AvgIpc) is 2.69. The maximum absolute atomic E-state index is 5.84. The summed E-state index contributed by atoms with van der Waals surface area (Å²) < 4.78 is 5.84. The Morgan fingerprint density at radius 2 is 1.50 bits per heavy atom. The number of aryl methyl sites for hydroxylation is 2. The Labute approximate surface area is 156 Å². The third-order valence-corrected chi connectivity index (χ3v) is 4.56. The van der Waals surface area contributed by atoms with Gasteiger partial charge >= 0.3 is 0 Å². The highest BCUT2D eigenvalue weighted by molar-refractivity contribution is 5.46. The first-order valence-electron chi connectivity index (χ1n) is 9.36. The van der Waals surface area contributed by atoms with E-state index in [4.69, 9.17) is 4.74 Å². The summed E-state index contributed by atoms with van der Waals surface area (Å²) in [7, 11) is 0. The molecule has 0 fully saturated rings. The van der Waals surface area contributed by atoms with Gasteiger partial charge in [-0.05, 0) is 67.1 Å². The molecule has 0 aliphatic carbocycles. The summed E-state index contributed by atoms with van der Waals surface area (Å²) in [6.45, 7) is 3.84. The molecule has 0 aliphatic rings. The molecule has 0 aliphatic heterocycles. The zero-order valence-electron chi connectivity index (χ0n) is 15.4. The number of hydrogen-bond acceptors (Lipinski definition) is 2. The van der Waals surface area contributed by atoms with Gasteiger partial charge < -0.3 is 10.1 Å². The molecule has 0 spiro atoms. The van der Waals surface area contributed by atoms with Gasteiger partial charge in [-0.15, -0.1) is 0 Å². The summed E-state index contributed by atoms with van der Waals surface area (Å²) in [5.74, 6) is 0.933. The van der Waals surface area contributed by atoms with E-state index in [9.17, 15) is 0 Å². The highest BCUT2D eigenvalue weighted by Crippen LogP contribution is 2.16. The van der Waals surface area contributed by atoms with Gasteiger partial charge in [0.05, 0.1) is 6.61 Å². The van der Waals surface area contributed by atoms with Crippen molar-refractivity contribution in [3.05, 3.63) is 95.6 Å². The number of ether oxygens (including phenoxy) is 1. The molecule has 134 valence electrons. The second-order valence-corrected chi connectivity index (χ2v) is 6.57. The van der Waals surface area contributed by atoms with Crippen molar-refractivity contribution in [1.82, 2.24) is 0 Å². The van der Waals surface area contributed by atoms with E-state index >= 15 is 0 Å². The minimum absolute atomic E-state index is 0.745. The Bertz CT molecular complexity index is 781. The number of nitrogens with one attached hydrogen (secondary N) is 1. The predicted molar refractivity (Wildman–Crippen MR) is 110 cm³/mol. The number of rotatable bonds is 9. The minimum atomic E-state index is 0.745. The molecule has 0 saturated carbocycles. The van der Waals surface area contributed by atoms with E-state index in [0.29, 0.717) is 0 Å². The lowest BCUT2D eigenvalue weighted by Gasteiger charge is -2.10. The number of hydrogen-bond donors (Lipinski definition) is 1. The van der Waals surface area contributed by atoms with Crippen LogP contribution in [0.1, 0.15) is 23.1 Å². The Balaban J connectivity index is 1.37. The second kappa shape index (κ2) is 9.67. The Kier molecular flexibility index (Phi) is 6.72. The van der Waals surface area contributed by atoms with Gasteiger partial charge in [0.2, 0.25) is 0 Å². The molecule has 0 bridgehead atoms. The fourth-order valence-electron chi connectivity index (χ4n) is 3.01. The molecule has 0 amide bonds. The second-order valence-electron chi connectivity index (χ2n) is 6.57. The van der Waals surface area contributed by atoms with E-state index in [2.05, 4.69) is 79.0 Å². The van der Waals surface area contributed by atoms with Gasteiger partial charge in [0, 0.05) is 12.2 Å². The Morgan fingerprint density at radius 3 is 2.27 bits per heavy atom. The zero-order valence-corrected chi connectivity index (χ0v) is 15.4. The summed E-state index contributed by atoms with van der Waals surface area (Å²) in [4.78, 5) is 0. The van der Waals surface area contributed by atoms with Gasteiger partial charge in [-0.2, -0.15) is 0 Å². The van der Waals surface area contributed by atoms with E-state index in [1.165, 1.54) is 16.7 Å². The van der Waals surface area contributed by atoms with Crippen molar-refractivity contribution in [2.45, 2.75) is 26.2 Å². The smallest absolute Gasteiger partial charge is 0.119 e. The van der Waals surface area contributed by atoms with Crippen LogP contribution < -0.4 is 10.1 Å². The van der Waals surface area contributed by atoms with Crippen LogP contribution in [0.2, 0.25) is 0 Å². The molecule has 0 heterocycles. The van der Waals surface area contributed by atoms with Crippen molar-refractivity contribution >= 4 is 5.69 Å². The largest absolute Gasteiger partial charge is 0.494 e. The fraction of sp³-hybridized carbons (Fsp3) is 0.250. The summed E-state index contributed by atoms with van der Waals surface area (Å²) >= 11 is 0. The van der Waals surface area contributed by atoms with E-state index in [-0.39, 0.29) is 0 Å². The Morgan fingerprint density at radius 1 is 0.769 bits per heavy atom. The van der Waals surface area contributed by atoms with Gasteiger partial charge in [-0.1, -0.05) is 54.6 Å². The van der Waals surface area contributed by atoms with Crippen LogP contribution in [-0.2, 0) is 12.8 Å². The van der Waals surface area contributed by atoms with E-state index < -0.39 is 0 Å². The average molecular weight is 345 g/mol. The molecule has 1 N–H and O–H groups in total. The van der Waals surface area contributed by atoms with Crippen molar-refractivity contribution in [3.8, 4) is 5.75 Å². The van der Waals surface area contributed by atoms with Crippen LogP contribution in [0.4, 0.5) is 5.69 Å². The normalized spacial score (nSPS) is 10.5. The molecule has 0 atom stereocenters. The monoisotopic (exact) mass is 345 g/mol. The van der Waals surface area contributed by atoms with Crippen LogP contribution in [-0.4, -0.2) is 13.2 Å². The van der Waals surface area contributed by atoms with E-state index in [1.807, 2.05) is 12.1 Å². The quantitative estimate of drug-likeness (QED) is 0.505. The maximum atomic E-state index is 5.84. The fourth-order valence-corrected chi connectivity index (χ4v) is 3.01. The van der Waals surface area contributed by atoms with Crippen molar-refractivity contribution in [1.29, 1.82) is 0 Å². The van der Waals surface area contributed by atoms with Crippen LogP contribution in [0.15, 0.2) is 78.9 Å². The third kappa shape index (κ3) is 5.66. The third-order valence-electron chi connectivity index (χ3n) is 4.56. The van der Waals surface area contributed by atoms with Crippen LogP contribution >= 0.6 is 0 Å². The SMILES string of the molecule is Cc1ccccc1CCNc1ccc(OCCCc2ccccc2)cc1. The van der Waals surface area contributed by atoms with Gasteiger partial charge in [0.15, 0.2) is 0 Å². The topological polar surface area (TPSA) is 21.3 Å². The lowest BCUT2D eigenvalue weighted by molar-refractivity contribution is 0.311. The van der Waals surface area contributed by atoms with Crippen molar-refractivity contribution in [2.24, 2.45) is 0 Å². The summed E-state index contributed by atoms with van der Waals surface area (Å²) in [6.07, 6.45) is 3.12. The molecule has 3 aromatic carbocycles. The van der Waals surface area contributed by atoms with Crippen LogP contribution in [0.5, 0.6) is 5.75 Å². The van der Waals surface area contributed by atoms with Crippen LogP contribution in [0, 0.1) is 6.92 Å². The molecule has 2 heteroatoms. The summed E-state index contributed by atoms with van der Waals surface area (Å²) in [6, 6.07) is 27.4. The molecule has 3 rings (SSSR count). The number of benzene rings is 3.